The molecule has 1 saturated carbocycles. The van der Waals surface area contributed by atoms with Crippen molar-refractivity contribution in [1.29, 1.82) is 0 Å². The molecule has 0 unspecified atom stereocenters. The predicted octanol–water partition coefficient (Wildman–Crippen LogP) is 2.98. The molecule has 1 aromatic rings. The minimum atomic E-state index is -0.409. The molecule has 1 aliphatic rings. The summed E-state index contributed by atoms with van der Waals surface area (Å²) in [6.07, 6.45) is 6.83. The average molecular weight is 265 g/mol. The summed E-state index contributed by atoms with van der Waals surface area (Å²) in [5, 5.41) is 3.42. The number of carbonyl (C=O) groups is 1. The Morgan fingerprint density at radius 1 is 1.42 bits per heavy atom. The van der Waals surface area contributed by atoms with Gasteiger partial charge >= 0.3 is 5.97 Å². The Hall–Kier alpha value is -1.29. The van der Waals surface area contributed by atoms with Gasteiger partial charge in [0, 0.05) is 12.1 Å². The van der Waals surface area contributed by atoms with Crippen LogP contribution in [-0.4, -0.2) is 19.6 Å². The van der Waals surface area contributed by atoms with Crippen LogP contribution in [0.25, 0.3) is 0 Å². The van der Waals surface area contributed by atoms with Gasteiger partial charge in [0.2, 0.25) is 5.76 Å². The van der Waals surface area contributed by atoms with E-state index in [0.29, 0.717) is 12.3 Å². The normalized spacial score (nSPS) is 23.3. The van der Waals surface area contributed by atoms with Crippen LogP contribution in [0.2, 0.25) is 0 Å². The molecule has 0 saturated heterocycles. The highest BCUT2D eigenvalue weighted by molar-refractivity contribution is 5.87. The first-order chi connectivity index (χ1) is 9.20. The summed E-state index contributed by atoms with van der Waals surface area (Å²) in [6, 6.07) is 1.82. The Morgan fingerprint density at radius 2 is 2.16 bits per heavy atom. The van der Waals surface area contributed by atoms with E-state index in [1.807, 2.05) is 6.07 Å². The summed E-state index contributed by atoms with van der Waals surface area (Å²) >= 11 is 0. The summed E-state index contributed by atoms with van der Waals surface area (Å²) in [5.74, 6) is 1.56. The molecule has 0 amide bonds. The largest absolute Gasteiger partial charge is 0.463 e. The maximum absolute atomic E-state index is 11.5. The lowest BCUT2D eigenvalue weighted by atomic mass is 9.83. The first kappa shape index (κ1) is 14.1. The van der Waals surface area contributed by atoms with Crippen LogP contribution in [0, 0.1) is 11.8 Å². The number of esters is 1. The molecule has 0 atom stereocenters. The molecule has 4 heteroatoms. The summed E-state index contributed by atoms with van der Waals surface area (Å²) in [7, 11) is 1.37. The molecule has 1 N–H and O–H groups in total. The average Bonchev–Trinajstić information content (AvgIpc) is 2.88. The van der Waals surface area contributed by atoms with Crippen molar-refractivity contribution < 1.29 is 13.9 Å². The second-order valence-corrected chi connectivity index (χ2v) is 5.52. The van der Waals surface area contributed by atoms with E-state index >= 15 is 0 Å². The fourth-order valence-corrected chi connectivity index (χ4v) is 2.69. The van der Waals surface area contributed by atoms with Crippen molar-refractivity contribution in [1.82, 2.24) is 5.32 Å². The second kappa shape index (κ2) is 6.75. The van der Waals surface area contributed by atoms with Crippen molar-refractivity contribution >= 4 is 5.97 Å². The monoisotopic (exact) mass is 265 g/mol. The van der Waals surface area contributed by atoms with Gasteiger partial charge in [0.1, 0.15) is 0 Å². The van der Waals surface area contributed by atoms with E-state index in [0.717, 1.165) is 23.9 Å². The third kappa shape index (κ3) is 3.83. The molecule has 1 aliphatic carbocycles. The highest BCUT2D eigenvalue weighted by atomic mass is 16.5. The first-order valence-corrected chi connectivity index (χ1v) is 7.06. The number of ether oxygens (including phenoxy) is 1. The molecular formula is C15H23NO3. The molecule has 1 aromatic heterocycles. The molecule has 0 bridgehead atoms. The molecule has 106 valence electrons. The summed E-state index contributed by atoms with van der Waals surface area (Å²) < 4.78 is 9.84. The van der Waals surface area contributed by atoms with Crippen LogP contribution in [0.15, 0.2) is 16.7 Å². The number of rotatable bonds is 5. The molecule has 1 fully saturated rings. The fraction of sp³-hybridized carbons (Fsp3) is 0.667. The molecule has 1 heterocycles. The van der Waals surface area contributed by atoms with Gasteiger partial charge in [-0.3, -0.25) is 0 Å². The van der Waals surface area contributed by atoms with E-state index in [1.54, 1.807) is 0 Å². The molecule has 0 aromatic carbocycles. The number of hydrogen-bond acceptors (Lipinski definition) is 4. The van der Waals surface area contributed by atoms with Crippen molar-refractivity contribution in [2.24, 2.45) is 11.8 Å². The zero-order valence-corrected chi connectivity index (χ0v) is 11.8. The van der Waals surface area contributed by atoms with E-state index in [9.17, 15) is 4.79 Å². The van der Waals surface area contributed by atoms with Gasteiger partial charge < -0.3 is 14.5 Å². The molecule has 2 rings (SSSR count). The van der Waals surface area contributed by atoms with Crippen LogP contribution >= 0.6 is 0 Å². The number of methoxy groups -OCH3 is 1. The number of nitrogens with one attached hydrogen (secondary N) is 1. The van der Waals surface area contributed by atoms with Gasteiger partial charge in [-0.25, -0.2) is 4.79 Å². The second-order valence-electron chi connectivity index (χ2n) is 5.52. The lowest BCUT2D eigenvalue weighted by Gasteiger charge is -2.26. The minimum absolute atomic E-state index is 0.312. The molecule has 0 radical (unpaired) electrons. The van der Waals surface area contributed by atoms with Crippen molar-refractivity contribution in [3.05, 3.63) is 23.7 Å². The predicted molar refractivity (Wildman–Crippen MR) is 72.9 cm³/mol. The minimum Gasteiger partial charge on any atom is -0.463 e. The van der Waals surface area contributed by atoms with Crippen molar-refractivity contribution in [3.8, 4) is 0 Å². The van der Waals surface area contributed by atoms with Crippen molar-refractivity contribution in [2.45, 2.75) is 39.2 Å². The van der Waals surface area contributed by atoms with Gasteiger partial charge in [-0.2, -0.15) is 0 Å². The number of carbonyl (C=O) groups excluding carboxylic acids is 1. The van der Waals surface area contributed by atoms with Gasteiger partial charge in [0.25, 0.3) is 0 Å². The molecule has 0 spiro atoms. The Morgan fingerprint density at radius 3 is 2.84 bits per heavy atom. The van der Waals surface area contributed by atoms with Gasteiger partial charge in [0.15, 0.2) is 0 Å². The molecule has 0 aliphatic heterocycles. The smallest absolute Gasteiger partial charge is 0.374 e. The third-order valence-corrected chi connectivity index (χ3v) is 4.00. The number of hydrogen-bond donors (Lipinski definition) is 1. The van der Waals surface area contributed by atoms with Gasteiger partial charge in [0.05, 0.1) is 13.4 Å². The van der Waals surface area contributed by atoms with E-state index in [-0.39, 0.29) is 0 Å². The van der Waals surface area contributed by atoms with Crippen LogP contribution in [-0.2, 0) is 11.3 Å². The van der Waals surface area contributed by atoms with E-state index in [2.05, 4.69) is 17.0 Å². The summed E-state index contributed by atoms with van der Waals surface area (Å²) in [6.45, 7) is 4.00. The van der Waals surface area contributed by atoms with Crippen LogP contribution in [0.4, 0.5) is 0 Å². The topological polar surface area (TPSA) is 51.5 Å². The highest BCUT2D eigenvalue weighted by Crippen LogP contribution is 2.27. The fourth-order valence-electron chi connectivity index (χ4n) is 2.69. The Labute approximate surface area is 114 Å². The maximum atomic E-state index is 11.5. The van der Waals surface area contributed by atoms with E-state index in [1.165, 1.54) is 39.1 Å². The van der Waals surface area contributed by atoms with Crippen LogP contribution in [0.3, 0.4) is 0 Å². The van der Waals surface area contributed by atoms with Crippen LogP contribution in [0.1, 0.15) is 48.7 Å². The summed E-state index contributed by atoms with van der Waals surface area (Å²) in [4.78, 5) is 11.5. The Bertz CT molecular complexity index is 405. The standard InChI is InChI=1S/C15H23NO3/c1-11-3-5-12(6-4-11)9-16-10-13-7-8-19-14(13)15(17)18-2/h7-8,11-12,16H,3-6,9-10H2,1-2H3. The van der Waals surface area contributed by atoms with Crippen LogP contribution in [0.5, 0.6) is 0 Å². The highest BCUT2D eigenvalue weighted by Gasteiger charge is 2.19. The van der Waals surface area contributed by atoms with E-state index < -0.39 is 5.97 Å². The van der Waals surface area contributed by atoms with Gasteiger partial charge in [-0.15, -0.1) is 0 Å². The van der Waals surface area contributed by atoms with Crippen molar-refractivity contribution in [2.75, 3.05) is 13.7 Å². The number of furan rings is 1. The Balaban J connectivity index is 1.77. The molecular weight excluding hydrogens is 242 g/mol. The van der Waals surface area contributed by atoms with E-state index in [4.69, 9.17) is 4.42 Å². The van der Waals surface area contributed by atoms with Crippen LogP contribution < -0.4 is 5.32 Å². The maximum Gasteiger partial charge on any atom is 0.374 e. The SMILES string of the molecule is COC(=O)c1occc1CNCC1CCC(C)CC1. The van der Waals surface area contributed by atoms with Crippen molar-refractivity contribution in [3.63, 3.8) is 0 Å². The lowest BCUT2D eigenvalue weighted by molar-refractivity contribution is 0.0563. The van der Waals surface area contributed by atoms with Gasteiger partial charge in [-0.05, 0) is 37.3 Å². The van der Waals surface area contributed by atoms with Gasteiger partial charge in [-0.1, -0.05) is 19.8 Å². The quantitative estimate of drug-likeness (QED) is 0.832. The molecule has 19 heavy (non-hydrogen) atoms. The third-order valence-electron chi connectivity index (χ3n) is 4.00. The summed E-state index contributed by atoms with van der Waals surface area (Å²) in [5.41, 5.74) is 0.871. The lowest BCUT2D eigenvalue weighted by Crippen LogP contribution is -2.26. The Kier molecular flexibility index (Phi) is 5.02. The molecule has 4 nitrogen and oxygen atoms in total. The first-order valence-electron chi connectivity index (χ1n) is 7.06. The zero-order valence-electron chi connectivity index (χ0n) is 11.8. The zero-order chi connectivity index (χ0) is 13.7.